The van der Waals surface area contributed by atoms with Crippen molar-refractivity contribution in [1.29, 1.82) is 0 Å². The number of amidine groups is 1. The summed E-state index contributed by atoms with van der Waals surface area (Å²) < 4.78 is 5.49. The number of fused-ring (bicyclic) bond motifs is 1. The van der Waals surface area contributed by atoms with Crippen LogP contribution in [0.1, 0.15) is 18.9 Å². The molecule has 1 amide bonds. The maximum atomic E-state index is 13.2. The van der Waals surface area contributed by atoms with Gasteiger partial charge in [-0.2, -0.15) is 0 Å². The summed E-state index contributed by atoms with van der Waals surface area (Å²) in [6.45, 7) is 3.32. The van der Waals surface area contributed by atoms with Crippen molar-refractivity contribution in [1.82, 2.24) is 4.90 Å². The molecule has 3 aromatic rings. The normalized spacial score (nSPS) is 15.6. The summed E-state index contributed by atoms with van der Waals surface area (Å²) in [7, 11) is 0. The Balaban J connectivity index is 1.55. The van der Waals surface area contributed by atoms with E-state index in [2.05, 4.69) is 18.2 Å². The van der Waals surface area contributed by atoms with Crippen LogP contribution < -0.4 is 4.74 Å². The zero-order valence-electron chi connectivity index (χ0n) is 16.5. The predicted molar refractivity (Wildman–Crippen MR) is 121 cm³/mol. The van der Waals surface area contributed by atoms with E-state index < -0.39 is 0 Å². The topological polar surface area (TPSA) is 41.9 Å². The minimum absolute atomic E-state index is 0.0956. The summed E-state index contributed by atoms with van der Waals surface area (Å²) >= 11 is 1.65. The Morgan fingerprint density at radius 2 is 1.86 bits per heavy atom. The smallest absolute Gasteiger partial charge is 0.232 e. The number of nitrogens with zero attached hydrogens (tertiary/aromatic N) is 2. The average molecular weight is 405 g/mol. The molecule has 0 bridgehead atoms. The molecule has 0 N–H and O–H groups in total. The first-order valence-corrected chi connectivity index (χ1v) is 10.9. The fourth-order valence-corrected chi connectivity index (χ4v) is 4.46. The van der Waals surface area contributed by atoms with Gasteiger partial charge in [0.05, 0.1) is 18.7 Å². The molecule has 4 nitrogen and oxygen atoms in total. The van der Waals surface area contributed by atoms with Crippen LogP contribution in [0.25, 0.3) is 10.8 Å². The van der Waals surface area contributed by atoms with E-state index in [0.717, 1.165) is 45.1 Å². The van der Waals surface area contributed by atoms with E-state index in [1.165, 1.54) is 0 Å². The molecule has 0 spiro atoms. The second-order valence-electron chi connectivity index (χ2n) is 6.88. The molecule has 148 valence electrons. The zero-order valence-corrected chi connectivity index (χ0v) is 17.3. The number of carbonyl (C=O) groups excluding carboxylic acids is 1. The lowest BCUT2D eigenvalue weighted by molar-refractivity contribution is -0.126. The number of rotatable bonds is 5. The van der Waals surface area contributed by atoms with Crippen LogP contribution in [0.15, 0.2) is 71.7 Å². The largest absolute Gasteiger partial charge is 0.494 e. The fourth-order valence-electron chi connectivity index (χ4n) is 3.48. The molecule has 1 aliphatic rings. The first-order chi connectivity index (χ1) is 14.2. The van der Waals surface area contributed by atoms with Gasteiger partial charge in [-0.25, -0.2) is 4.99 Å². The molecule has 0 atom stereocenters. The van der Waals surface area contributed by atoms with E-state index in [9.17, 15) is 4.79 Å². The van der Waals surface area contributed by atoms with Crippen molar-refractivity contribution in [2.45, 2.75) is 19.8 Å². The molecular weight excluding hydrogens is 380 g/mol. The van der Waals surface area contributed by atoms with E-state index >= 15 is 0 Å². The Labute approximate surface area is 175 Å². The highest BCUT2D eigenvalue weighted by molar-refractivity contribution is 8.13. The monoisotopic (exact) mass is 404 g/mol. The molecule has 0 radical (unpaired) electrons. The van der Waals surface area contributed by atoms with Crippen LogP contribution in [0.5, 0.6) is 5.75 Å². The fraction of sp³-hybridized carbons (Fsp3) is 0.250. The lowest BCUT2D eigenvalue weighted by Crippen LogP contribution is -2.40. The van der Waals surface area contributed by atoms with Crippen LogP contribution in [-0.2, 0) is 11.2 Å². The molecule has 0 saturated carbocycles. The van der Waals surface area contributed by atoms with Crippen molar-refractivity contribution < 1.29 is 9.53 Å². The van der Waals surface area contributed by atoms with Crippen molar-refractivity contribution >= 4 is 39.3 Å². The van der Waals surface area contributed by atoms with Gasteiger partial charge in [-0.05, 0) is 53.9 Å². The lowest BCUT2D eigenvalue weighted by atomic mass is 10.0. The molecular formula is C24H24N2O2S. The number of ether oxygens (including phenoxy) is 1. The van der Waals surface area contributed by atoms with Gasteiger partial charge in [0.15, 0.2) is 5.17 Å². The van der Waals surface area contributed by atoms with Crippen LogP contribution in [0.4, 0.5) is 5.69 Å². The Morgan fingerprint density at radius 3 is 2.69 bits per heavy atom. The van der Waals surface area contributed by atoms with E-state index in [1.54, 1.807) is 11.8 Å². The Bertz CT molecular complexity index is 1030. The summed E-state index contributed by atoms with van der Waals surface area (Å²) in [4.78, 5) is 19.8. The second-order valence-corrected chi connectivity index (χ2v) is 7.95. The molecule has 0 unspecified atom stereocenters. The summed E-state index contributed by atoms with van der Waals surface area (Å²) in [5.74, 6) is 1.91. The summed E-state index contributed by atoms with van der Waals surface area (Å²) in [6, 6.07) is 22.0. The van der Waals surface area contributed by atoms with Crippen LogP contribution >= 0.6 is 11.8 Å². The first-order valence-electron chi connectivity index (χ1n) is 9.96. The number of amides is 1. The van der Waals surface area contributed by atoms with Crippen molar-refractivity contribution in [3.63, 3.8) is 0 Å². The number of benzene rings is 3. The zero-order chi connectivity index (χ0) is 20.1. The van der Waals surface area contributed by atoms with E-state index in [1.807, 2.05) is 60.4 Å². The van der Waals surface area contributed by atoms with E-state index in [4.69, 9.17) is 9.73 Å². The van der Waals surface area contributed by atoms with Gasteiger partial charge in [-0.15, -0.1) is 0 Å². The quantitative estimate of drug-likeness (QED) is 0.569. The average Bonchev–Trinajstić information content (AvgIpc) is 2.76. The number of hydrogen-bond donors (Lipinski definition) is 0. The summed E-state index contributed by atoms with van der Waals surface area (Å²) in [5.41, 5.74) is 1.89. The molecule has 0 aliphatic carbocycles. The van der Waals surface area contributed by atoms with Crippen LogP contribution in [0.2, 0.25) is 0 Å². The van der Waals surface area contributed by atoms with Gasteiger partial charge >= 0.3 is 0 Å². The number of carbonyl (C=O) groups is 1. The third-order valence-corrected chi connectivity index (χ3v) is 5.95. The van der Waals surface area contributed by atoms with Crippen molar-refractivity contribution in [2.75, 3.05) is 18.9 Å². The van der Waals surface area contributed by atoms with Crippen LogP contribution in [0.3, 0.4) is 0 Å². The van der Waals surface area contributed by atoms with Crippen LogP contribution in [0, 0.1) is 0 Å². The minimum Gasteiger partial charge on any atom is -0.494 e. The highest BCUT2D eigenvalue weighted by Crippen LogP contribution is 2.26. The summed E-state index contributed by atoms with van der Waals surface area (Å²) in [6.07, 6.45) is 1.36. The molecule has 3 aromatic carbocycles. The number of aliphatic imine (C=N–C) groups is 1. The highest BCUT2D eigenvalue weighted by Gasteiger charge is 2.24. The molecule has 29 heavy (non-hydrogen) atoms. The minimum atomic E-state index is 0.0956. The Kier molecular flexibility index (Phi) is 6.15. The maximum Gasteiger partial charge on any atom is 0.232 e. The van der Waals surface area contributed by atoms with Gasteiger partial charge in [0, 0.05) is 12.3 Å². The predicted octanol–water partition coefficient (Wildman–Crippen LogP) is 5.43. The number of hydrogen-bond acceptors (Lipinski definition) is 4. The van der Waals surface area contributed by atoms with Gasteiger partial charge in [-0.3, -0.25) is 9.69 Å². The standard InChI is InChI=1S/C24H24N2O2S/c1-2-28-21-13-11-20(12-14-21)25-24-26(15-6-16-29-24)23(27)17-19-9-5-8-18-7-3-4-10-22(18)19/h3-5,7-14H,2,6,15-17H2,1H3. The molecule has 5 heteroatoms. The van der Waals surface area contributed by atoms with Crippen molar-refractivity contribution in [3.8, 4) is 5.75 Å². The third-order valence-electron chi connectivity index (χ3n) is 4.88. The summed E-state index contributed by atoms with van der Waals surface area (Å²) in [5, 5.41) is 3.08. The first kappa shape index (κ1) is 19.5. The molecule has 4 rings (SSSR count). The van der Waals surface area contributed by atoms with Gasteiger partial charge in [0.1, 0.15) is 5.75 Å². The van der Waals surface area contributed by atoms with Gasteiger partial charge in [-0.1, -0.05) is 54.2 Å². The van der Waals surface area contributed by atoms with E-state index in [0.29, 0.717) is 19.6 Å². The number of thioether (sulfide) groups is 1. The van der Waals surface area contributed by atoms with Crippen molar-refractivity contribution in [2.24, 2.45) is 4.99 Å². The van der Waals surface area contributed by atoms with Gasteiger partial charge in [0.25, 0.3) is 0 Å². The lowest BCUT2D eigenvalue weighted by Gasteiger charge is -2.28. The Hall–Kier alpha value is -2.79. The molecule has 1 heterocycles. The highest BCUT2D eigenvalue weighted by atomic mass is 32.2. The molecule has 0 aromatic heterocycles. The van der Waals surface area contributed by atoms with Gasteiger partial charge in [0.2, 0.25) is 5.91 Å². The van der Waals surface area contributed by atoms with Crippen molar-refractivity contribution in [3.05, 3.63) is 72.3 Å². The Morgan fingerprint density at radius 1 is 1.07 bits per heavy atom. The van der Waals surface area contributed by atoms with Gasteiger partial charge < -0.3 is 4.74 Å². The third kappa shape index (κ3) is 4.62. The maximum absolute atomic E-state index is 13.2. The van der Waals surface area contributed by atoms with E-state index in [-0.39, 0.29) is 5.91 Å². The second kappa shape index (κ2) is 9.14. The van der Waals surface area contributed by atoms with Crippen LogP contribution in [-0.4, -0.2) is 34.9 Å². The molecule has 1 fully saturated rings. The molecule has 1 saturated heterocycles. The SMILES string of the molecule is CCOc1ccc(N=C2SCCCN2C(=O)Cc2cccc3ccccc23)cc1. The molecule has 1 aliphatic heterocycles.